The zero-order valence-electron chi connectivity index (χ0n) is 11.9. The topological polar surface area (TPSA) is 49.8 Å². The Morgan fingerprint density at radius 2 is 2.05 bits per heavy atom. The lowest BCUT2D eigenvalue weighted by molar-refractivity contribution is -0.883. The number of nitrogens with zero attached hydrogens (tertiary/aromatic N) is 1. The van der Waals surface area contributed by atoms with Crippen molar-refractivity contribution in [2.75, 3.05) is 40.3 Å². The normalized spacial score (nSPS) is 16.6. The minimum atomic E-state index is 0.0904. The lowest BCUT2D eigenvalue weighted by atomic mass is 10.2. The van der Waals surface area contributed by atoms with Gasteiger partial charge in [-0.1, -0.05) is 0 Å². The van der Waals surface area contributed by atoms with Gasteiger partial charge in [0.15, 0.2) is 0 Å². The van der Waals surface area contributed by atoms with Crippen LogP contribution in [-0.2, 0) is 0 Å². The van der Waals surface area contributed by atoms with E-state index >= 15 is 0 Å². The van der Waals surface area contributed by atoms with E-state index < -0.39 is 0 Å². The third-order valence-corrected chi connectivity index (χ3v) is 3.96. The van der Waals surface area contributed by atoms with Crippen LogP contribution in [0.3, 0.4) is 0 Å². The summed E-state index contributed by atoms with van der Waals surface area (Å²) >= 11 is 0. The maximum absolute atomic E-state index is 12.5. The van der Waals surface area contributed by atoms with Crippen LogP contribution in [0.25, 0.3) is 10.9 Å². The van der Waals surface area contributed by atoms with Gasteiger partial charge >= 0.3 is 0 Å². The quantitative estimate of drug-likeness (QED) is 0.819. The molecule has 0 atom stereocenters. The number of hydrogen-bond acceptors (Lipinski definition) is 2. The molecule has 1 amide bonds. The molecule has 5 nitrogen and oxygen atoms in total. The van der Waals surface area contributed by atoms with Gasteiger partial charge in [-0.3, -0.25) is 4.79 Å². The number of ether oxygens (including phenoxy) is 1. The van der Waals surface area contributed by atoms with Gasteiger partial charge in [0.25, 0.3) is 5.91 Å². The molecule has 0 radical (unpaired) electrons. The van der Waals surface area contributed by atoms with Crippen LogP contribution in [0.4, 0.5) is 0 Å². The van der Waals surface area contributed by atoms with Crippen molar-refractivity contribution >= 4 is 16.8 Å². The minimum Gasteiger partial charge on any atom is -0.497 e. The van der Waals surface area contributed by atoms with Gasteiger partial charge in [-0.05, 0) is 18.2 Å². The Morgan fingerprint density at radius 1 is 1.30 bits per heavy atom. The van der Waals surface area contributed by atoms with Crippen LogP contribution < -0.4 is 9.64 Å². The van der Waals surface area contributed by atoms with E-state index in [1.54, 1.807) is 7.11 Å². The number of amides is 1. The fourth-order valence-corrected chi connectivity index (χ4v) is 2.61. The molecule has 20 heavy (non-hydrogen) atoms. The molecule has 5 heteroatoms. The predicted octanol–water partition coefficient (Wildman–Crippen LogP) is 0.147. The van der Waals surface area contributed by atoms with Gasteiger partial charge in [-0.25, -0.2) is 0 Å². The zero-order valence-corrected chi connectivity index (χ0v) is 11.9. The third-order valence-electron chi connectivity index (χ3n) is 3.96. The van der Waals surface area contributed by atoms with Gasteiger partial charge < -0.3 is 19.5 Å². The lowest BCUT2D eigenvalue weighted by Crippen LogP contribution is -3.12. The highest BCUT2D eigenvalue weighted by molar-refractivity contribution is 5.98. The second-order valence-corrected chi connectivity index (χ2v) is 5.39. The molecule has 0 saturated carbocycles. The standard InChI is InChI=1S/C15H19N3O2/c1-17-5-7-18(8-6-17)15(19)14-9-11-3-4-12(20-2)10-13(11)16-14/h3-4,9-10,16H,5-8H2,1-2H3/p+1. The smallest absolute Gasteiger partial charge is 0.270 e. The van der Waals surface area contributed by atoms with Crippen LogP contribution in [0.1, 0.15) is 10.5 Å². The number of likely N-dealkylation sites (N-methyl/N-ethyl adjacent to an activating group) is 1. The first-order valence-corrected chi connectivity index (χ1v) is 6.95. The third kappa shape index (κ3) is 2.36. The Kier molecular flexibility index (Phi) is 3.36. The molecule has 1 aromatic carbocycles. The van der Waals surface area contributed by atoms with E-state index in [9.17, 15) is 4.79 Å². The summed E-state index contributed by atoms with van der Waals surface area (Å²) in [7, 11) is 3.81. The number of hydrogen-bond donors (Lipinski definition) is 2. The molecule has 1 aromatic heterocycles. The Balaban J connectivity index is 1.84. The summed E-state index contributed by atoms with van der Waals surface area (Å²) in [5.74, 6) is 0.884. The van der Waals surface area contributed by atoms with Crippen LogP contribution in [0.2, 0.25) is 0 Å². The SMILES string of the molecule is COc1ccc2cc(C(=O)N3CC[NH+](C)CC3)[nH]c2c1. The highest BCUT2D eigenvalue weighted by Crippen LogP contribution is 2.21. The molecular weight excluding hydrogens is 254 g/mol. The first-order chi connectivity index (χ1) is 9.67. The number of rotatable bonds is 2. The van der Waals surface area contributed by atoms with Gasteiger partial charge in [-0.2, -0.15) is 0 Å². The summed E-state index contributed by atoms with van der Waals surface area (Å²) in [6.07, 6.45) is 0. The molecule has 2 aromatic rings. The van der Waals surface area contributed by atoms with Crippen LogP contribution in [-0.4, -0.2) is 56.1 Å². The molecule has 0 aliphatic carbocycles. The van der Waals surface area contributed by atoms with Gasteiger partial charge in [0.2, 0.25) is 0 Å². The molecule has 1 saturated heterocycles. The van der Waals surface area contributed by atoms with E-state index in [0.717, 1.165) is 42.8 Å². The lowest BCUT2D eigenvalue weighted by Gasteiger charge is -2.29. The molecule has 1 fully saturated rings. The number of nitrogens with one attached hydrogen (secondary N) is 2. The van der Waals surface area contributed by atoms with Crippen molar-refractivity contribution in [3.63, 3.8) is 0 Å². The van der Waals surface area contributed by atoms with Crippen LogP contribution in [0.5, 0.6) is 5.75 Å². The summed E-state index contributed by atoms with van der Waals surface area (Å²) in [5.41, 5.74) is 1.60. The Bertz CT molecular complexity index is 627. The molecule has 106 valence electrons. The van der Waals surface area contributed by atoms with E-state index in [1.807, 2.05) is 29.2 Å². The molecule has 2 N–H and O–H groups in total. The van der Waals surface area contributed by atoms with Crippen LogP contribution in [0, 0.1) is 0 Å². The van der Waals surface area contributed by atoms with E-state index in [2.05, 4.69) is 12.0 Å². The maximum Gasteiger partial charge on any atom is 0.270 e. The summed E-state index contributed by atoms with van der Waals surface area (Å²) in [4.78, 5) is 19.1. The number of piperazine rings is 1. The molecule has 0 bridgehead atoms. The Morgan fingerprint density at radius 3 is 2.75 bits per heavy atom. The summed E-state index contributed by atoms with van der Waals surface area (Å²) in [6.45, 7) is 3.67. The first kappa shape index (κ1) is 13.0. The van der Waals surface area contributed by atoms with E-state index in [1.165, 1.54) is 4.90 Å². The number of aromatic nitrogens is 1. The zero-order chi connectivity index (χ0) is 14.1. The fraction of sp³-hybridized carbons (Fsp3) is 0.400. The number of carbonyl (C=O) groups is 1. The Hall–Kier alpha value is -2.01. The molecule has 0 unspecified atom stereocenters. The van der Waals surface area contributed by atoms with Crippen molar-refractivity contribution in [3.05, 3.63) is 30.0 Å². The van der Waals surface area contributed by atoms with Crippen molar-refractivity contribution in [2.45, 2.75) is 0 Å². The van der Waals surface area contributed by atoms with E-state index in [-0.39, 0.29) is 5.91 Å². The predicted molar refractivity (Wildman–Crippen MR) is 77.4 cm³/mol. The second-order valence-electron chi connectivity index (χ2n) is 5.39. The van der Waals surface area contributed by atoms with Crippen molar-refractivity contribution in [3.8, 4) is 5.75 Å². The molecule has 1 aliphatic rings. The molecule has 1 aliphatic heterocycles. The van der Waals surface area contributed by atoms with Gasteiger partial charge in [-0.15, -0.1) is 0 Å². The summed E-state index contributed by atoms with van der Waals surface area (Å²) < 4.78 is 5.20. The summed E-state index contributed by atoms with van der Waals surface area (Å²) in [6, 6.07) is 7.71. The second kappa shape index (κ2) is 5.17. The van der Waals surface area contributed by atoms with Crippen molar-refractivity contribution < 1.29 is 14.4 Å². The van der Waals surface area contributed by atoms with Crippen LogP contribution >= 0.6 is 0 Å². The molecule has 3 rings (SSSR count). The number of quaternary nitrogens is 1. The van der Waals surface area contributed by atoms with Crippen molar-refractivity contribution in [1.29, 1.82) is 0 Å². The summed E-state index contributed by atoms with van der Waals surface area (Å²) in [5, 5.41) is 1.04. The number of benzene rings is 1. The van der Waals surface area contributed by atoms with Crippen LogP contribution in [0.15, 0.2) is 24.3 Å². The average molecular weight is 274 g/mol. The molecule has 2 heterocycles. The average Bonchev–Trinajstić information content (AvgIpc) is 2.90. The number of aromatic amines is 1. The number of carbonyl (C=O) groups excluding carboxylic acids is 1. The monoisotopic (exact) mass is 274 g/mol. The molecular formula is C15H20N3O2+. The Labute approximate surface area is 118 Å². The highest BCUT2D eigenvalue weighted by atomic mass is 16.5. The minimum absolute atomic E-state index is 0.0904. The number of fused-ring (bicyclic) bond motifs is 1. The van der Waals surface area contributed by atoms with Gasteiger partial charge in [0.1, 0.15) is 11.4 Å². The van der Waals surface area contributed by atoms with Crippen molar-refractivity contribution in [2.24, 2.45) is 0 Å². The van der Waals surface area contributed by atoms with E-state index in [4.69, 9.17) is 4.74 Å². The first-order valence-electron chi connectivity index (χ1n) is 6.95. The maximum atomic E-state index is 12.5. The number of methoxy groups -OCH3 is 1. The fourth-order valence-electron chi connectivity index (χ4n) is 2.61. The van der Waals surface area contributed by atoms with Gasteiger partial charge in [0.05, 0.1) is 40.3 Å². The number of H-pyrrole nitrogens is 1. The molecule has 0 spiro atoms. The van der Waals surface area contributed by atoms with Gasteiger partial charge in [0, 0.05) is 17.0 Å². The van der Waals surface area contributed by atoms with E-state index in [0.29, 0.717) is 5.69 Å². The largest absolute Gasteiger partial charge is 0.497 e. The van der Waals surface area contributed by atoms with Crippen molar-refractivity contribution in [1.82, 2.24) is 9.88 Å². The highest BCUT2D eigenvalue weighted by Gasteiger charge is 2.23.